The van der Waals surface area contributed by atoms with Crippen LogP contribution in [0, 0.1) is 11.7 Å². The lowest BCUT2D eigenvalue weighted by Crippen LogP contribution is -2.21. The van der Waals surface area contributed by atoms with E-state index < -0.39 is 11.9 Å². The molecule has 2 unspecified atom stereocenters. The third-order valence-electron chi connectivity index (χ3n) is 3.12. The van der Waals surface area contributed by atoms with E-state index in [1.807, 2.05) is 11.9 Å². The maximum Gasteiger partial charge on any atom is 0.308 e. The summed E-state index contributed by atoms with van der Waals surface area (Å²) in [5, 5.41) is 9.12. The van der Waals surface area contributed by atoms with E-state index in [-0.39, 0.29) is 11.7 Å². The zero-order chi connectivity index (χ0) is 11.7. The minimum Gasteiger partial charge on any atom is -0.481 e. The van der Waals surface area contributed by atoms with Gasteiger partial charge in [-0.1, -0.05) is 12.1 Å². The van der Waals surface area contributed by atoms with Crippen molar-refractivity contribution in [1.29, 1.82) is 0 Å². The maximum atomic E-state index is 12.8. The van der Waals surface area contributed by atoms with Crippen LogP contribution in [0.25, 0.3) is 0 Å². The van der Waals surface area contributed by atoms with Gasteiger partial charge in [-0.25, -0.2) is 4.39 Å². The first-order valence-corrected chi connectivity index (χ1v) is 5.24. The number of benzene rings is 1. The largest absolute Gasteiger partial charge is 0.481 e. The normalized spacial score (nSPS) is 25.9. The van der Waals surface area contributed by atoms with Gasteiger partial charge in [-0.3, -0.25) is 4.79 Å². The summed E-state index contributed by atoms with van der Waals surface area (Å²) in [5.74, 6) is -1.50. The van der Waals surface area contributed by atoms with E-state index in [0.717, 1.165) is 5.56 Å². The molecule has 2 rings (SSSR count). The van der Waals surface area contributed by atoms with Crippen LogP contribution in [0.15, 0.2) is 24.3 Å². The number of likely N-dealkylation sites (N-methyl/N-ethyl adjacent to an activating group) is 1. The van der Waals surface area contributed by atoms with Gasteiger partial charge in [0.2, 0.25) is 0 Å². The molecule has 86 valence electrons. The number of halogens is 1. The van der Waals surface area contributed by atoms with Crippen LogP contribution >= 0.6 is 0 Å². The van der Waals surface area contributed by atoms with Crippen molar-refractivity contribution >= 4 is 5.97 Å². The topological polar surface area (TPSA) is 40.5 Å². The van der Waals surface area contributed by atoms with Crippen LogP contribution in [0.5, 0.6) is 0 Å². The van der Waals surface area contributed by atoms with E-state index in [4.69, 9.17) is 5.11 Å². The summed E-state index contributed by atoms with van der Waals surface area (Å²) in [7, 11) is 1.90. The molecule has 1 aromatic carbocycles. The number of hydrogen-bond acceptors (Lipinski definition) is 2. The number of carbonyl (C=O) groups is 1. The summed E-state index contributed by atoms with van der Waals surface area (Å²) < 4.78 is 12.8. The summed E-state index contributed by atoms with van der Waals surface area (Å²) in [6.45, 7) is 1.26. The van der Waals surface area contributed by atoms with Gasteiger partial charge < -0.3 is 10.0 Å². The molecule has 16 heavy (non-hydrogen) atoms. The minimum absolute atomic E-state index is 0.0388. The molecular weight excluding hydrogens is 209 g/mol. The SMILES string of the molecule is CN1CC(C(=O)O)C(c2ccc(F)cc2)C1. The fourth-order valence-corrected chi connectivity index (χ4v) is 2.30. The van der Waals surface area contributed by atoms with Crippen LogP contribution in [-0.4, -0.2) is 36.1 Å². The van der Waals surface area contributed by atoms with E-state index in [2.05, 4.69) is 0 Å². The van der Waals surface area contributed by atoms with Crippen molar-refractivity contribution in [1.82, 2.24) is 4.90 Å². The number of likely N-dealkylation sites (tertiary alicyclic amines) is 1. The number of carboxylic acid groups (broad SMARTS) is 1. The standard InChI is InChI=1S/C12H14FNO2/c1-14-6-10(11(7-14)12(15)16)8-2-4-9(13)5-3-8/h2-5,10-11H,6-7H2,1H3,(H,15,16). The third kappa shape index (κ3) is 2.07. The Morgan fingerprint density at radius 1 is 1.38 bits per heavy atom. The lowest BCUT2D eigenvalue weighted by molar-refractivity contribution is -0.141. The van der Waals surface area contributed by atoms with Gasteiger partial charge in [-0.2, -0.15) is 0 Å². The van der Waals surface area contributed by atoms with Crippen LogP contribution < -0.4 is 0 Å². The summed E-state index contributed by atoms with van der Waals surface area (Å²) in [6, 6.07) is 6.11. The number of hydrogen-bond donors (Lipinski definition) is 1. The summed E-state index contributed by atoms with van der Waals surface area (Å²) in [6.07, 6.45) is 0. The second kappa shape index (κ2) is 4.22. The maximum absolute atomic E-state index is 12.8. The van der Waals surface area contributed by atoms with Gasteiger partial charge >= 0.3 is 5.97 Å². The molecule has 1 N–H and O–H groups in total. The highest BCUT2D eigenvalue weighted by Crippen LogP contribution is 2.32. The monoisotopic (exact) mass is 223 g/mol. The van der Waals surface area contributed by atoms with Crippen molar-refractivity contribution in [2.45, 2.75) is 5.92 Å². The van der Waals surface area contributed by atoms with Gasteiger partial charge in [0.05, 0.1) is 5.92 Å². The lowest BCUT2D eigenvalue weighted by Gasteiger charge is -2.14. The molecule has 0 saturated carbocycles. The van der Waals surface area contributed by atoms with Gasteiger partial charge in [0.25, 0.3) is 0 Å². The molecule has 1 saturated heterocycles. The number of carboxylic acids is 1. The van der Waals surface area contributed by atoms with Crippen molar-refractivity contribution in [3.8, 4) is 0 Å². The molecule has 0 aromatic heterocycles. The molecular formula is C12H14FNO2. The Morgan fingerprint density at radius 2 is 2.00 bits per heavy atom. The quantitative estimate of drug-likeness (QED) is 0.827. The van der Waals surface area contributed by atoms with E-state index in [1.54, 1.807) is 12.1 Å². The molecule has 1 aromatic rings. The zero-order valence-electron chi connectivity index (χ0n) is 9.06. The van der Waals surface area contributed by atoms with Gasteiger partial charge in [0, 0.05) is 19.0 Å². The van der Waals surface area contributed by atoms with E-state index in [1.165, 1.54) is 12.1 Å². The molecule has 0 amide bonds. The number of rotatable bonds is 2. The fraction of sp³-hybridized carbons (Fsp3) is 0.417. The van der Waals surface area contributed by atoms with Crippen molar-refractivity contribution in [2.75, 3.05) is 20.1 Å². The van der Waals surface area contributed by atoms with Crippen molar-refractivity contribution in [3.05, 3.63) is 35.6 Å². The van der Waals surface area contributed by atoms with Gasteiger partial charge in [0.1, 0.15) is 5.82 Å². The van der Waals surface area contributed by atoms with Gasteiger partial charge in [0.15, 0.2) is 0 Å². The molecule has 1 aliphatic rings. The van der Waals surface area contributed by atoms with E-state index in [0.29, 0.717) is 13.1 Å². The zero-order valence-corrected chi connectivity index (χ0v) is 9.06. The number of aliphatic carboxylic acids is 1. The molecule has 1 fully saturated rings. The van der Waals surface area contributed by atoms with E-state index >= 15 is 0 Å². The summed E-state index contributed by atoms with van der Waals surface area (Å²) >= 11 is 0. The average molecular weight is 223 g/mol. The second-order valence-electron chi connectivity index (χ2n) is 4.32. The van der Waals surface area contributed by atoms with Crippen LogP contribution in [0.3, 0.4) is 0 Å². The van der Waals surface area contributed by atoms with Gasteiger partial charge in [-0.05, 0) is 24.7 Å². The first kappa shape index (κ1) is 11.1. The Bertz CT molecular complexity index is 391. The summed E-state index contributed by atoms with van der Waals surface area (Å²) in [4.78, 5) is 13.1. The highest BCUT2D eigenvalue weighted by atomic mass is 19.1. The molecule has 0 radical (unpaired) electrons. The minimum atomic E-state index is -0.779. The van der Waals surface area contributed by atoms with Crippen LogP contribution in [-0.2, 0) is 4.79 Å². The first-order valence-electron chi connectivity index (χ1n) is 5.24. The molecule has 0 bridgehead atoms. The third-order valence-corrected chi connectivity index (χ3v) is 3.12. The molecule has 1 aliphatic heterocycles. The summed E-state index contributed by atoms with van der Waals surface area (Å²) in [5.41, 5.74) is 0.901. The molecule has 3 nitrogen and oxygen atoms in total. The van der Waals surface area contributed by atoms with Crippen LogP contribution in [0.4, 0.5) is 4.39 Å². The Labute approximate surface area is 93.5 Å². The molecule has 2 atom stereocenters. The number of nitrogens with zero attached hydrogens (tertiary/aromatic N) is 1. The molecule has 4 heteroatoms. The Morgan fingerprint density at radius 3 is 2.56 bits per heavy atom. The van der Waals surface area contributed by atoms with Gasteiger partial charge in [-0.15, -0.1) is 0 Å². The first-order chi connectivity index (χ1) is 7.58. The fourth-order valence-electron chi connectivity index (χ4n) is 2.30. The van der Waals surface area contributed by atoms with Crippen LogP contribution in [0.2, 0.25) is 0 Å². The van der Waals surface area contributed by atoms with Crippen LogP contribution in [0.1, 0.15) is 11.5 Å². The molecule has 1 heterocycles. The Balaban J connectivity index is 2.25. The second-order valence-corrected chi connectivity index (χ2v) is 4.32. The highest BCUT2D eigenvalue weighted by molar-refractivity contribution is 5.72. The van der Waals surface area contributed by atoms with Crippen molar-refractivity contribution < 1.29 is 14.3 Å². The van der Waals surface area contributed by atoms with Crippen molar-refractivity contribution in [2.24, 2.45) is 5.92 Å². The average Bonchev–Trinajstić information content (AvgIpc) is 2.61. The lowest BCUT2D eigenvalue weighted by atomic mass is 9.89. The highest BCUT2D eigenvalue weighted by Gasteiger charge is 2.36. The molecule has 0 aliphatic carbocycles. The van der Waals surface area contributed by atoms with E-state index in [9.17, 15) is 9.18 Å². The smallest absolute Gasteiger partial charge is 0.308 e. The molecule has 0 spiro atoms. The Hall–Kier alpha value is -1.42. The Kier molecular flexibility index (Phi) is 2.92. The predicted octanol–water partition coefficient (Wildman–Crippen LogP) is 1.56. The predicted molar refractivity (Wildman–Crippen MR) is 57.8 cm³/mol. The van der Waals surface area contributed by atoms with Crippen molar-refractivity contribution in [3.63, 3.8) is 0 Å².